The van der Waals surface area contributed by atoms with E-state index in [2.05, 4.69) is 9.71 Å². The normalized spacial score (nSPS) is 11.7. The first kappa shape index (κ1) is 19.1. The van der Waals surface area contributed by atoms with Crippen molar-refractivity contribution in [2.45, 2.75) is 32.2 Å². The Hall–Kier alpha value is -2.64. The molecule has 0 saturated heterocycles. The van der Waals surface area contributed by atoms with Crippen LogP contribution >= 0.6 is 0 Å². The maximum atomic E-state index is 12.8. The third-order valence-electron chi connectivity index (χ3n) is 4.46. The van der Waals surface area contributed by atoms with Gasteiger partial charge in [-0.2, -0.15) is 0 Å². The highest BCUT2D eigenvalue weighted by molar-refractivity contribution is 7.89. The van der Waals surface area contributed by atoms with E-state index in [0.29, 0.717) is 28.0 Å². The van der Waals surface area contributed by atoms with Crippen molar-refractivity contribution in [3.05, 3.63) is 69.0 Å². The first-order valence-corrected chi connectivity index (χ1v) is 9.97. The molecule has 3 rings (SSSR count). The van der Waals surface area contributed by atoms with Crippen LogP contribution in [0.3, 0.4) is 0 Å². The number of aromatic nitrogens is 1. The maximum absolute atomic E-state index is 12.8. The van der Waals surface area contributed by atoms with E-state index in [4.69, 9.17) is 4.74 Å². The molecular formula is C20H22N2O4S. The number of H-pyrrole nitrogens is 1. The number of sulfonamides is 1. The van der Waals surface area contributed by atoms with Gasteiger partial charge in [0.25, 0.3) is 5.56 Å². The predicted molar refractivity (Wildman–Crippen MR) is 106 cm³/mol. The molecule has 2 aromatic carbocycles. The van der Waals surface area contributed by atoms with Gasteiger partial charge in [0.1, 0.15) is 5.75 Å². The Morgan fingerprint density at radius 3 is 2.33 bits per heavy atom. The molecule has 0 unspecified atom stereocenters. The summed E-state index contributed by atoms with van der Waals surface area (Å²) < 4.78 is 33.3. The van der Waals surface area contributed by atoms with E-state index in [1.165, 1.54) is 0 Å². The van der Waals surface area contributed by atoms with E-state index in [1.807, 2.05) is 25.1 Å². The van der Waals surface area contributed by atoms with Gasteiger partial charge in [-0.15, -0.1) is 0 Å². The highest BCUT2D eigenvalue weighted by Crippen LogP contribution is 2.22. The van der Waals surface area contributed by atoms with Crippen molar-refractivity contribution in [3.63, 3.8) is 0 Å². The molecule has 7 heteroatoms. The van der Waals surface area contributed by atoms with E-state index in [9.17, 15) is 13.2 Å². The quantitative estimate of drug-likeness (QED) is 0.706. The highest BCUT2D eigenvalue weighted by atomic mass is 32.2. The average molecular weight is 386 g/mol. The number of pyridine rings is 1. The Kier molecular flexibility index (Phi) is 5.08. The molecule has 142 valence electrons. The topological polar surface area (TPSA) is 88.3 Å². The smallest absolute Gasteiger partial charge is 0.252 e. The van der Waals surface area contributed by atoms with Crippen LogP contribution in [-0.4, -0.2) is 20.5 Å². The number of methoxy groups -OCH3 is 1. The van der Waals surface area contributed by atoms with Gasteiger partial charge in [0.2, 0.25) is 10.0 Å². The minimum absolute atomic E-state index is 0.0909. The molecule has 1 aromatic heterocycles. The predicted octanol–water partition coefficient (Wildman–Crippen LogP) is 2.94. The van der Waals surface area contributed by atoms with Crippen LogP contribution in [0.1, 0.15) is 22.3 Å². The number of hydrogen-bond acceptors (Lipinski definition) is 4. The molecule has 0 aliphatic rings. The van der Waals surface area contributed by atoms with Gasteiger partial charge in [-0.25, -0.2) is 13.1 Å². The van der Waals surface area contributed by atoms with Gasteiger partial charge in [0.05, 0.1) is 17.5 Å². The number of hydrogen-bond donors (Lipinski definition) is 2. The Labute approximate surface area is 158 Å². The van der Waals surface area contributed by atoms with Crippen molar-refractivity contribution in [2.75, 3.05) is 7.11 Å². The molecule has 2 N–H and O–H groups in total. The van der Waals surface area contributed by atoms with E-state index in [1.54, 1.807) is 39.2 Å². The summed E-state index contributed by atoms with van der Waals surface area (Å²) in [6, 6.07) is 10.7. The van der Waals surface area contributed by atoms with Gasteiger partial charge in [-0.3, -0.25) is 4.79 Å². The fraction of sp³-hybridized carbons (Fsp3) is 0.250. The zero-order chi connectivity index (χ0) is 19.8. The second-order valence-electron chi connectivity index (χ2n) is 6.63. The largest absolute Gasteiger partial charge is 0.497 e. The zero-order valence-electron chi connectivity index (χ0n) is 15.7. The molecular weight excluding hydrogens is 364 g/mol. The number of fused-ring (bicyclic) bond motifs is 1. The van der Waals surface area contributed by atoms with Crippen molar-refractivity contribution in [1.29, 1.82) is 0 Å². The lowest BCUT2D eigenvalue weighted by Gasteiger charge is -2.13. The van der Waals surface area contributed by atoms with Gasteiger partial charge in [0.15, 0.2) is 0 Å². The molecule has 0 atom stereocenters. The van der Waals surface area contributed by atoms with Gasteiger partial charge in [0, 0.05) is 18.2 Å². The lowest BCUT2D eigenvalue weighted by Crippen LogP contribution is -2.28. The number of ether oxygens (including phenoxy) is 1. The molecule has 0 saturated carbocycles. The van der Waals surface area contributed by atoms with Gasteiger partial charge in [-0.1, -0.05) is 17.7 Å². The van der Waals surface area contributed by atoms with Crippen LogP contribution in [-0.2, 0) is 16.6 Å². The molecule has 0 aliphatic carbocycles. The fourth-order valence-corrected chi connectivity index (χ4v) is 4.77. The lowest BCUT2D eigenvalue weighted by atomic mass is 10.1. The van der Waals surface area contributed by atoms with Crippen LogP contribution in [0, 0.1) is 20.8 Å². The minimum atomic E-state index is -3.74. The van der Waals surface area contributed by atoms with Crippen LogP contribution in [0.5, 0.6) is 5.75 Å². The third kappa shape index (κ3) is 3.89. The number of nitrogens with one attached hydrogen (secondary N) is 2. The average Bonchev–Trinajstić information content (AvgIpc) is 2.58. The van der Waals surface area contributed by atoms with E-state index < -0.39 is 10.0 Å². The lowest BCUT2D eigenvalue weighted by molar-refractivity contribution is 0.415. The number of aryl methyl sites for hydroxylation is 3. The van der Waals surface area contributed by atoms with Crippen LogP contribution in [0.15, 0.2) is 46.1 Å². The Balaban J connectivity index is 1.92. The van der Waals surface area contributed by atoms with Crippen LogP contribution in [0.4, 0.5) is 0 Å². The molecule has 3 aromatic rings. The molecule has 1 heterocycles. The van der Waals surface area contributed by atoms with E-state index >= 15 is 0 Å². The zero-order valence-corrected chi connectivity index (χ0v) is 16.5. The van der Waals surface area contributed by atoms with Crippen LogP contribution in [0.2, 0.25) is 0 Å². The number of aromatic amines is 1. The molecule has 0 amide bonds. The maximum Gasteiger partial charge on any atom is 0.252 e. The minimum Gasteiger partial charge on any atom is -0.497 e. The number of benzene rings is 2. The Morgan fingerprint density at radius 1 is 1.04 bits per heavy atom. The number of rotatable bonds is 5. The third-order valence-corrected chi connectivity index (χ3v) is 6.16. The summed E-state index contributed by atoms with van der Waals surface area (Å²) in [6.07, 6.45) is 0. The van der Waals surface area contributed by atoms with Crippen molar-refractivity contribution < 1.29 is 13.2 Å². The summed E-state index contributed by atoms with van der Waals surface area (Å²) in [5.74, 6) is 0.636. The van der Waals surface area contributed by atoms with Crippen molar-refractivity contribution in [1.82, 2.24) is 9.71 Å². The van der Waals surface area contributed by atoms with Crippen LogP contribution in [0.25, 0.3) is 10.9 Å². The van der Waals surface area contributed by atoms with Crippen molar-refractivity contribution in [2.24, 2.45) is 0 Å². The van der Waals surface area contributed by atoms with Gasteiger partial charge in [-0.05, 0) is 55.5 Å². The van der Waals surface area contributed by atoms with E-state index in [-0.39, 0.29) is 17.0 Å². The highest BCUT2D eigenvalue weighted by Gasteiger charge is 2.20. The summed E-state index contributed by atoms with van der Waals surface area (Å²) in [6.45, 7) is 5.37. The molecule has 0 fully saturated rings. The molecule has 0 bridgehead atoms. The van der Waals surface area contributed by atoms with E-state index in [0.717, 1.165) is 10.9 Å². The summed E-state index contributed by atoms with van der Waals surface area (Å²) in [5.41, 5.74) is 3.01. The molecule has 0 radical (unpaired) electrons. The fourth-order valence-electron chi connectivity index (χ4n) is 3.32. The Bertz CT molecular complexity index is 1160. The monoisotopic (exact) mass is 386 g/mol. The van der Waals surface area contributed by atoms with Gasteiger partial charge >= 0.3 is 0 Å². The molecule has 0 aliphatic heterocycles. The van der Waals surface area contributed by atoms with Gasteiger partial charge < -0.3 is 9.72 Å². The van der Waals surface area contributed by atoms with Crippen molar-refractivity contribution in [3.8, 4) is 5.75 Å². The van der Waals surface area contributed by atoms with Crippen LogP contribution < -0.4 is 15.0 Å². The second kappa shape index (κ2) is 7.17. The standard InChI is InChI=1S/C20H22N2O4S/c1-12-7-13(2)19(14(3)8-12)27(24,25)21-11-16-9-15-5-6-17(26-4)10-18(15)22-20(16)23/h5-10,21H,11H2,1-4H3,(H,22,23). The molecule has 27 heavy (non-hydrogen) atoms. The molecule has 0 spiro atoms. The second-order valence-corrected chi connectivity index (χ2v) is 8.33. The summed E-state index contributed by atoms with van der Waals surface area (Å²) >= 11 is 0. The molecule has 6 nitrogen and oxygen atoms in total. The first-order valence-electron chi connectivity index (χ1n) is 8.49. The summed E-state index contributed by atoms with van der Waals surface area (Å²) in [4.78, 5) is 15.4. The summed E-state index contributed by atoms with van der Waals surface area (Å²) in [7, 11) is -2.19. The Morgan fingerprint density at radius 2 is 1.70 bits per heavy atom. The summed E-state index contributed by atoms with van der Waals surface area (Å²) in [5, 5.41) is 0.798. The SMILES string of the molecule is COc1ccc2cc(CNS(=O)(=O)c3c(C)cc(C)cc3C)c(=O)[nH]c2c1. The van der Waals surface area contributed by atoms with Crippen molar-refractivity contribution >= 4 is 20.9 Å². The first-order chi connectivity index (χ1) is 12.7.